The van der Waals surface area contributed by atoms with Gasteiger partial charge in [0.1, 0.15) is 12.6 Å². The van der Waals surface area contributed by atoms with Crippen molar-refractivity contribution < 1.29 is 19.4 Å². The smallest absolute Gasteiger partial charge is 0.410 e. The first kappa shape index (κ1) is 17.9. The molecular weight excluding hydrogens is 332 g/mol. The quantitative estimate of drug-likeness (QED) is 0.885. The van der Waals surface area contributed by atoms with Gasteiger partial charge >= 0.3 is 6.09 Å². The number of carbonyl (C=O) groups excluding carboxylic acids is 2. The zero-order chi connectivity index (χ0) is 18.5. The number of anilines is 1. The van der Waals surface area contributed by atoms with Crippen LogP contribution in [0.5, 0.6) is 0 Å². The number of para-hydroxylation sites is 1. The first-order chi connectivity index (χ1) is 12.5. The molecule has 6 nitrogen and oxygen atoms in total. The van der Waals surface area contributed by atoms with Crippen LogP contribution in [0.4, 0.5) is 10.5 Å². The Balaban J connectivity index is 1.65. The van der Waals surface area contributed by atoms with Crippen LogP contribution in [0, 0.1) is 6.92 Å². The predicted molar refractivity (Wildman–Crippen MR) is 97.6 cm³/mol. The van der Waals surface area contributed by atoms with Crippen LogP contribution >= 0.6 is 0 Å². The van der Waals surface area contributed by atoms with E-state index in [4.69, 9.17) is 4.74 Å². The number of hydrogen-bond acceptors (Lipinski definition) is 4. The van der Waals surface area contributed by atoms with Crippen molar-refractivity contribution in [1.82, 2.24) is 4.90 Å². The number of benzene rings is 2. The lowest BCUT2D eigenvalue weighted by Crippen LogP contribution is -2.43. The maximum atomic E-state index is 12.6. The zero-order valence-electron chi connectivity index (χ0n) is 14.6. The molecule has 2 aromatic rings. The lowest BCUT2D eigenvalue weighted by Gasteiger charge is -2.23. The molecule has 0 bridgehead atoms. The number of ether oxygens (including phenoxy) is 1. The molecule has 2 N–H and O–H groups in total. The number of likely N-dealkylation sites (tertiary alicyclic amines) is 1. The number of β-amino-alcohol motifs (C(OH)–C–C–N with tert-alkyl or cyclic N) is 1. The molecule has 2 unspecified atom stereocenters. The third-order valence-corrected chi connectivity index (χ3v) is 4.42. The summed E-state index contributed by atoms with van der Waals surface area (Å²) in [6.07, 6.45) is -1.15. The highest BCUT2D eigenvalue weighted by atomic mass is 16.6. The van der Waals surface area contributed by atoms with Crippen molar-refractivity contribution in [2.75, 3.05) is 11.9 Å². The molecule has 26 heavy (non-hydrogen) atoms. The Hall–Kier alpha value is -2.86. The molecule has 1 aliphatic rings. The SMILES string of the molecule is Cc1ccccc1NC(=O)C1CC(O)CN1C(=O)OCc1ccccc1. The number of nitrogens with zero attached hydrogens (tertiary/aromatic N) is 1. The molecule has 1 fully saturated rings. The number of hydrogen-bond donors (Lipinski definition) is 2. The molecule has 136 valence electrons. The molecule has 1 saturated heterocycles. The molecule has 0 aromatic heterocycles. The summed E-state index contributed by atoms with van der Waals surface area (Å²) in [6.45, 7) is 2.10. The highest BCUT2D eigenvalue weighted by molar-refractivity contribution is 5.97. The summed E-state index contributed by atoms with van der Waals surface area (Å²) in [5, 5.41) is 12.8. The van der Waals surface area contributed by atoms with Crippen molar-refractivity contribution in [3.63, 3.8) is 0 Å². The van der Waals surface area contributed by atoms with E-state index in [0.717, 1.165) is 11.1 Å². The van der Waals surface area contributed by atoms with Crippen molar-refractivity contribution in [3.05, 3.63) is 65.7 Å². The van der Waals surface area contributed by atoms with Gasteiger partial charge < -0.3 is 15.2 Å². The Bertz CT molecular complexity index is 778. The van der Waals surface area contributed by atoms with Crippen LogP contribution in [0.1, 0.15) is 17.5 Å². The van der Waals surface area contributed by atoms with Crippen LogP contribution in [0.25, 0.3) is 0 Å². The number of amides is 2. The summed E-state index contributed by atoms with van der Waals surface area (Å²) in [6, 6.07) is 16.0. The van der Waals surface area contributed by atoms with Crippen LogP contribution in [0.2, 0.25) is 0 Å². The molecule has 0 saturated carbocycles. The molecular formula is C20H22N2O4. The largest absolute Gasteiger partial charge is 0.445 e. The number of aliphatic hydroxyl groups excluding tert-OH is 1. The highest BCUT2D eigenvalue weighted by Crippen LogP contribution is 2.22. The molecule has 6 heteroatoms. The van der Waals surface area contributed by atoms with Gasteiger partial charge in [-0.15, -0.1) is 0 Å². The number of rotatable bonds is 4. The van der Waals surface area contributed by atoms with Crippen LogP contribution < -0.4 is 5.32 Å². The van der Waals surface area contributed by atoms with Crippen molar-refractivity contribution in [2.45, 2.75) is 32.1 Å². The van der Waals surface area contributed by atoms with E-state index in [1.165, 1.54) is 4.90 Å². The topological polar surface area (TPSA) is 78.9 Å². The fourth-order valence-corrected chi connectivity index (χ4v) is 3.00. The number of aliphatic hydroxyl groups is 1. The minimum Gasteiger partial charge on any atom is -0.445 e. The molecule has 1 heterocycles. The van der Waals surface area contributed by atoms with Gasteiger partial charge in [0.05, 0.1) is 12.6 Å². The summed E-state index contributed by atoms with van der Waals surface area (Å²) in [5.41, 5.74) is 2.48. The van der Waals surface area contributed by atoms with Gasteiger partial charge in [-0.25, -0.2) is 4.79 Å². The second-order valence-electron chi connectivity index (χ2n) is 6.40. The van der Waals surface area contributed by atoms with Crippen LogP contribution in [-0.2, 0) is 16.1 Å². The van der Waals surface area contributed by atoms with Gasteiger partial charge in [-0.3, -0.25) is 9.69 Å². The minimum atomic E-state index is -0.757. The van der Waals surface area contributed by atoms with E-state index in [1.807, 2.05) is 55.5 Å². The molecule has 3 rings (SSSR count). The first-order valence-corrected chi connectivity index (χ1v) is 8.56. The molecule has 2 aromatic carbocycles. The van der Waals surface area contributed by atoms with Crippen LogP contribution in [0.3, 0.4) is 0 Å². The van der Waals surface area contributed by atoms with E-state index in [2.05, 4.69) is 5.32 Å². The van der Waals surface area contributed by atoms with E-state index >= 15 is 0 Å². The lowest BCUT2D eigenvalue weighted by atomic mass is 10.1. The van der Waals surface area contributed by atoms with Gasteiger partial charge in [-0.1, -0.05) is 48.5 Å². The molecule has 1 aliphatic heterocycles. The van der Waals surface area contributed by atoms with E-state index in [-0.39, 0.29) is 25.5 Å². The fourth-order valence-electron chi connectivity index (χ4n) is 3.00. The average molecular weight is 354 g/mol. The molecule has 0 radical (unpaired) electrons. The van der Waals surface area contributed by atoms with E-state index < -0.39 is 18.2 Å². The van der Waals surface area contributed by atoms with Crippen LogP contribution in [0.15, 0.2) is 54.6 Å². The first-order valence-electron chi connectivity index (χ1n) is 8.56. The Morgan fingerprint density at radius 2 is 1.85 bits per heavy atom. The lowest BCUT2D eigenvalue weighted by molar-refractivity contribution is -0.120. The molecule has 2 atom stereocenters. The van der Waals surface area contributed by atoms with Crippen molar-refractivity contribution in [2.24, 2.45) is 0 Å². The summed E-state index contributed by atoms with van der Waals surface area (Å²) in [4.78, 5) is 26.3. The molecule has 2 amide bonds. The number of nitrogens with one attached hydrogen (secondary N) is 1. The molecule has 0 spiro atoms. The average Bonchev–Trinajstić information content (AvgIpc) is 3.04. The summed E-state index contributed by atoms with van der Waals surface area (Å²) in [7, 11) is 0. The third kappa shape index (κ3) is 4.21. The second-order valence-corrected chi connectivity index (χ2v) is 6.40. The van der Waals surface area contributed by atoms with Crippen molar-refractivity contribution in [3.8, 4) is 0 Å². The highest BCUT2D eigenvalue weighted by Gasteiger charge is 2.40. The summed E-state index contributed by atoms with van der Waals surface area (Å²) < 4.78 is 5.31. The summed E-state index contributed by atoms with van der Waals surface area (Å²) >= 11 is 0. The van der Waals surface area contributed by atoms with Crippen molar-refractivity contribution in [1.29, 1.82) is 0 Å². The van der Waals surface area contributed by atoms with Gasteiger partial charge in [-0.2, -0.15) is 0 Å². The Morgan fingerprint density at radius 3 is 2.58 bits per heavy atom. The zero-order valence-corrected chi connectivity index (χ0v) is 14.6. The number of aryl methyl sites for hydroxylation is 1. The van der Waals surface area contributed by atoms with Gasteiger partial charge in [0.2, 0.25) is 5.91 Å². The Morgan fingerprint density at radius 1 is 1.15 bits per heavy atom. The minimum absolute atomic E-state index is 0.0828. The van der Waals surface area contributed by atoms with Gasteiger partial charge in [-0.05, 0) is 24.1 Å². The van der Waals surface area contributed by atoms with E-state index in [9.17, 15) is 14.7 Å². The van der Waals surface area contributed by atoms with Gasteiger partial charge in [0.25, 0.3) is 0 Å². The standard InChI is InChI=1S/C20H22N2O4/c1-14-7-5-6-10-17(14)21-19(24)18-11-16(23)12-22(18)20(25)26-13-15-8-3-2-4-9-15/h2-10,16,18,23H,11-13H2,1H3,(H,21,24). The third-order valence-electron chi connectivity index (χ3n) is 4.42. The van der Waals surface area contributed by atoms with Gasteiger partial charge in [0.15, 0.2) is 0 Å². The Kier molecular flexibility index (Phi) is 5.53. The number of carbonyl (C=O) groups is 2. The normalized spacial score (nSPS) is 19.2. The maximum Gasteiger partial charge on any atom is 0.410 e. The van der Waals surface area contributed by atoms with E-state index in [1.54, 1.807) is 6.07 Å². The maximum absolute atomic E-state index is 12.6. The summed E-state index contributed by atoms with van der Waals surface area (Å²) in [5.74, 6) is -0.326. The monoisotopic (exact) mass is 354 g/mol. The molecule has 0 aliphatic carbocycles. The van der Waals surface area contributed by atoms with Gasteiger partial charge in [0, 0.05) is 12.1 Å². The Labute approximate surface area is 152 Å². The predicted octanol–water partition coefficient (Wildman–Crippen LogP) is 2.71. The second kappa shape index (κ2) is 8.01. The van der Waals surface area contributed by atoms with Crippen molar-refractivity contribution >= 4 is 17.7 Å². The van der Waals surface area contributed by atoms with E-state index in [0.29, 0.717) is 5.69 Å². The fraction of sp³-hybridized carbons (Fsp3) is 0.300. The van der Waals surface area contributed by atoms with Crippen LogP contribution in [-0.4, -0.2) is 40.7 Å².